The van der Waals surface area contributed by atoms with E-state index in [4.69, 9.17) is 9.39 Å². The summed E-state index contributed by atoms with van der Waals surface area (Å²) in [5.41, 5.74) is 3.43. The summed E-state index contributed by atoms with van der Waals surface area (Å²) in [6.45, 7) is 2.90. The number of para-hydroxylation sites is 1. The molecule has 0 aliphatic carbocycles. The first kappa shape index (κ1) is 11.9. The summed E-state index contributed by atoms with van der Waals surface area (Å²) in [6, 6.07) is 14.2. The Hall–Kier alpha value is -1.85. The zero-order valence-corrected chi connectivity index (χ0v) is 11.8. The van der Waals surface area contributed by atoms with Gasteiger partial charge in [0.1, 0.15) is 5.75 Å². The fraction of sp³-hybridized carbons (Fsp3) is 0.133. The summed E-state index contributed by atoms with van der Waals surface area (Å²) < 4.78 is 12.6. The van der Waals surface area contributed by atoms with E-state index in [1.807, 2.05) is 24.3 Å². The van der Waals surface area contributed by atoms with Crippen molar-refractivity contribution in [2.45, 2.75) is 13.4 Å². The zero-order valence-electron chi connectivity index (χ0n) is 11.0. The second-order valence-corrected chi connectivity index (χ2v) is 5.86. The summed E-state index contributed by atoms with van der Waals surface area (Å²) in [7, 11) is 0. The predicted molar refractivity (Wildman–Crippen MR) is 82.2 cm³/mol. The van der Waals surface area contributed by atoms with E-state index in [9.17, 15) is 0 Å². The van der Waals surface area contributed by atoms with Crippen LogP contribution in [0.3, 0.4) is 0 Å². The number of benzene rings is 2. The minimum Gasteiger partial charge on any atom is -0.431 e. The highest BCUT2D eigenvalue weighted by atomic mass is 32.1. The van der Waals surface area contributed by atoms with E-state index in [1.165, 1.54) is 11.0 Å². The summed E-state index contributed by atoms with van der Waals surface area (Å²) >= 11 is 1.56. The van der Waals surface area contributed by atoms with Crippen LogP contribution in [0.2, 0.25) is 6.82 Å². The molecule has 98 valence electrons. The van der Waals surface area contributed by atoms with Crippen molar-refractivity contribution in [2.24, 2.45) is 0 Å². The lowest BCUT2D eigenvalue weighted by atomic mass is 9.64. The number of hydrogen-bond acceptors (Lipinski definition) is 4. The van der Waals surface area contributed by atoms with Crippen LogP contribution in [0, 0.1) is 0 Å². The third-order valence-corrected chi connectivity index (χ3v) is 4.44. The van der Waals surface area contributed by atoms with Gasteiger partial charge in [0.25, 0.3) is 5.19 Å². The molecule has 0 unspecified atom stereocenters. The average Bonchev–Trinajstić information content (AvgIpc) is 3.02. The summed E-state index contributed by atoms with van der Waals surface area (Å²) in [4.78, 5) is 4.49. The van der Waals surface area contributed by atoms with E-state index < -0.39 is 0 Å². The Labute approximate surface area is 121 Å². The van der Waals surface area contributed by atoms with Crippen LogP contribution in [0.1, 0.15) is 5.56 Å². The molecule has 0 N–H and O–H groups in total. The Morgan fingerprint density at radius 3 is 3.05 bits per heavy atom. The van der Waals surface area contributed by atoms with Gasteiger partial charge in [-0.05, 0) is 35.3 Å². The molecule has 0 radical (unpaired) electrons. The molecular weight excluding hydrogens is 269 g/mol. The Morgan fingerprint density at radius 2 is 2.15 bits per heavy atom. The smallest absolute Gasteiger partial charge is 0.324 e. The molecule has 0 amide bonds. The SMILES string of the molecule is CB1OCc2ccc(Oc3nc4ccccc4s3)cc21. The first-order valence-electron chi connectivity index (χ1n) is 6.57. The van der Waals surface area contributed by atoms with Crippen LogP contribution >= 0.6 is 11.3 Å². The van der Waals surface area contributed by atoms with Gasteiger partial charge in [-0.2, -0.15) is 0 Å². The Balaban J connectivity index is 1.67. The normalized spacial score (nSPS) is 13.8. The number of fused-ring (bicyclic) bond motifs is 2. The Bertz CT molecular complexity index is 753. The second kappa shape index (κ2) is 4.61. The molecule has 4 rings (SSSR count). The fourth-order valence-corrected chi connectivity index (χ4v) is 3.28. The second-order valence-electron chi connectivity index (χ2n) is 4.86. The van der Waals surface area contributed by atoms with Gasteiger partial charge in [0.2, 0.25) is 0 Å². The standard InChI is InChI=1S/C15H12BNO2S/c1-16-12-8-11(7-6-10(12)9-18-16)19-15-17-13-4-2-3-5-14(13)20-15/h2-8H,9H2,1H3. The number of hydrogen-bond donors (Lipinski definition) is 0. The van der Waals surface area contributed by atoms with Gasteiger partial charge in [-0.15, -0.1) is 0 Å². The molecule has 0 bridgehead atoms. The van der Waals surface area contributed by atoms with Gasteiger partial charge in [-0.1, -0.05) is 36.4 Å². The van der Waals surface area contributed by atoms with E-state index >= 15 is 0 Å². The van der Waals surface area contributed by atoms with Crippen molar-refractivity contribution in [2.75, 3.05) is 0 Å². The van der Waals surface area contributed by atoms with Gasteiger partial charge >= 0.3 is 6.92 Å². The van der Waals surface area contributed by atoms with Crippen LogP contribution in [0.5, 0.6) is 10.9 Å². The van der Waals surface area contributed by atoms with E-state index in [-0.39, 0.29) is 6.92 Å². The molecule has 0 atom stereocenters. The summed E-state index contributed by atoms with van der Waals surface area (Å²) in [6.07, 6.45) is 0. The fourth-order valence-electron chi connectivity index (χ4n) is 2.45. The van der Waals surface area contributed by atoms with Crippen LogP contribution in [-0.2, 0) is 11.3 Å². The molecule has 5 heteroatoms. The highest BCUT2D eigenvalue weighted by Crippen LogP contribution is 2.31. The Kier molecular flexibility index (Phi) is 2.75. The maximum absolute atomic E-state index is 5.89. The molecule has 0 fully saturated rings. The van der Waals surface area contributed by atoms with E-state index in [0.29, 0.717) is 11.8 Å². The summed E-state index contributed by atoms with van der Waals surface area (Å²) in [5.74, 6) is 0.820. The molecule has 2 aromatic carbocycles. The summed E-state index contributed by atoms with van der Waals surface area (Å²) in [5, 5.41) is 0.678. The molecule has 0 spiro atoms. The van der Waals surface area contributed by atoms with Crippen LogP contribution in [0.15, 0.2) is 42.5 Å². The molecule has 3 aromatic rings. The van der Waals surface area contributed by atoms with Crippen molar-refractivity contribution < 1.29 is 9.39 Å². The lowest BCUT2D eigenvalue weighted by Gasteiger charge is -2.04. The lowest BCUT2D eigenvalue weighted by molar-refractivity contribution is 0.333. The number of thiazole rings is 1. The molecule has 0 saturated carbocycles. The highest BCUT2D eigenvalue weighted by Gasteiger charge is 2.23. The molecule has 1 aliphatic rings. The largest absolute Gasteiger partial charge is 0.431 e. The van der Waals surface area contributed by atoms with Crippen LogP contribution in [-0.4, -0.2) is 11.9 Å². The van der Waals surface area contributed by atoms with Gasteiger partial charge in [-0.3, -0.25) is 0 Å². The Morgan fingerprint density at radius 1 is 1.25 bits per heavy atom. The highest BCUT2D eigenvalue weighted by molar-refractivity contribution is 7.20. The van der Waals surface area contributed by atoms with Crippen LogP contribution < -0.4 is 10.2 Å². The quantitative estimate of drug-likeness (QED) is 0.674. The number of ether oxygens (including phenoxy) is 1. The topological polar surface area (TPSA) is 31.4 Å². The van der Waals surface area contributed by atoms with Crippen LogP contribution in [0.25, 0.3) is 10.2 Å². The van der Waals surface area contributed by atoms with Crippen molar-refractivity contribution in [3.63, 3.8) is 0 Å². The molecular formula is C15H12BNO2S. The van der Waals surface area contributed by atoms with Crippen molar-refractivity contribution in [3.8, 4) is 10.9 Å². The number of rotatable bonds is 2. The third-order valence-electron chi connectivity index (χ3n) is 3.52. The maximum atomic E-state index is 5.89. The van der Waals surface area contributed by atoms with Crippen molar-refractivity contribution in [1.82, 2.24) is 4.98 Å². The number of nitrogens with zero attached hydrogens (tertiary/aromatic N) is 1. The zero-order chi connectivity index (χ0) is 13.5. The first-order chi connectivity index (χ1) is 9.79. The van der Waals surface area contributed by atoms with Gasteiger partial charge in [0.05, 0.1) is 16.8 Å². The number of aromatic nitrogens is 1. The molecule has 1 aliphatic heterocycles. The van der Waals surface area contributed by atoms with E-state index in [1.54, 1.807) is 11.3 Å². The van der Waals surface area contributed by atoms with Gasteiger partial charge in [-0.25, -0.2) is 4.98 Å². The minimum absolute atomic E-state index is 0.143. The van der Waals surface area contributed by atoms with E-state index in [2.05, 4.69) is 30.0 Å². The van der Waals surface area contributed by atoms with Crippen molar-refractivity contribution in [1.29, 1.82) is 0 Å². The molecule has 3 nitrogen and oxygen atoms in total. The van der Waals surface area contributed by atoms with E-state index in [0.717, 1.165) is 16.0 Å². The lowest BCUT2D eigenvalue weighted by Crippen LogP contribution is -2.24. The molecule has 1 aromatic heterocycles. The maximum Gasteiger partial charge on any atom is 0.324 e. The monoisotopic (exact) mass is 281 g/mol. The first-order valence-corrected chi connectivity index (χ1v) is 7.39. The molecule has 0 saturated heterocycles. The van der Waals surface area contributed by atoms with Gasteiger partial charge < -0.3 is 9.39 Å². The van der Waals surface area contributed by atoms with Gasteiger partial charge in [0, 0.05) is 0 Å². The predicted octanol–water partition coefficient (Wildman–Crippen LogP) is 3.45. The minimum atomic E-state index is 0.143. The van der Waals surface area contributed by atoms with Crippen molar-refractivity contribution in [3.05, 3.63) is 48.0 Å². The average molecular weight is 281 g/mol. The third kappa shape index (κ3) is 1.99. The molecule has 2 heterocycles. The molecule has 20 heavy (non-hydrogen) atoms. The van der Waals surface area contributed by atoms with Crippen LogP contribution in [0.4, 0.5) is 0 Å². The van der Waals surface area contributed by atoms with Gasteiger partial charge in [0.15, 0.2) is 0 Å². The van der Waals surface area contributed by atoms with Crippen molar-refractivity contribution >= 4 is 33.9 Å².